The molecule has 0 bridgehead atoms. The zero-order valence-electron chi connectivity index (χ0n) is 14.2. The first kappa shape index (κ1) is 21.3. The van der Waals surface area contributed by atoms with Gasteiger partial charge >= 0.3 is 22.9 Å². The molecule has 0 saturated carbocycles. The largest absolute Gasteiger partial charge is 0.519 e. The van der Waals surface area contributed by atoms with E-state index in [0.717, 1.165) is 11.8 Å². The van der Waals surface area contributed by atoms with Crippen LogP contribution in [0.15, 0.2) is 27.3 Å². The Balaban J connectivity index is 0.000000260. The summed E-state index contributed by atoms with van der Waals surface area (Å²) in [5, 5.41) is -0.428. The van der Waals surface area contributed by atoms with Crippen molar-refractivity contribution < 1.29 is 36.7 Å². The highest BCUT2D eigenvalue weighted by atomic mass is 32.2. The quantitative estimate of drug-likeness (QED) is 0.722. The number of hydrogen-bond acceptors (Lipinski definition) is 12. The van der Waals surface area contributed by atoms with E-state index in [1.165, 1.54) is 6.92 Å². The number of carbonyl (C=O) groups excluding carboxylic acids is 2. The van der Waals surface area contributed by atoms with Crippen molar-refractivity contribution in [3.05, 3.63) is 44.3 Å². The lowest BCUT2D eigenvalue weighted by atomic mass is 10.4. The highest BCUT2D eigenvalue weighted by molar-refractivity contribution is 8.12. The van der Waals surface area contributed by atoms with Gasteiger partial charge in [-0.15, -0.1) is 0 Å². The van der Waals surface area contributed by atoms with E-state index in [0.29, 0.717) is 11.5 Å². The van der Waals surface area contributed by atoms with Crippen LogP contribution in [0.4, 0.5) is 4.79 Å². The predicted octanol–water partition coefficient (Wildman–Crippen LogP) is 1.08. The van der Waals surface area contributed by atoms with Gasteiger partial charge in [-0.1, -0.05) is 0 Å². The molecular formula is C14H17NO10S. The second-order valence-corrected chi connectivity index (χ2v) is 5.22. The van der Waals surface area contributed by atoms with E-state index >= 15 is 0 Å². The van der Waals surface area contributed by atoms with Gasteiger partial charge in [0, 0.05) is 0 Å². The Morgan fingerprint density at radius 1 is 0.923 bits per heavy atom. The molecule has 0 spiro atoms. The minimum Gasteiger partial charge on any atom is -0.456 e. The van der Waals surface area contributed by atoms with Gasteiger partial charge in [0.2, 0.25) is 0 Å². The summed E-state index contributed by atoms with van der Waals surface area (Å²) < 4.78 is 27.6. The number of rotatable bonds is 5. The van der Waals surface area contributed by atoms with Crippen LogP contribution in [-0.4, -0.2) is 24.1 Å². The highest BCUT2D eigenvalue weighted by Gasteiger charge is 2.11. The van der Waals surface area contributed by atoms with E-state index in [-0.39, 0.29) is 31.3 Å². The molecule has 12 heteroatoms. The maximum Gasteiger partial charge on any atom is 0.519 e. The monoisotopic (exact) mass is 391 g/mol. The average molecular weight is 391 g/mol. The molecule has 26 heavy (non-hydrogen) atoms. The minimum absolute atomic E-state index is 0.0722. The summed E-state index contributed by atoms with van der Waals surface area (Å²) in [7, 11) is 0. The van der Waals surface area contributed by atoms with E-state index in [9.17, 15) is 19.2 Å². The molecule has 2 aromatic heterocycles. The van der Waals surface area contributed by atoms with Crippen LogP contribution in [0.5, 0.6) is 0 Å². The third kappa shape index (κ3) is 7.03. The van der Waals surface area contributed by atoms with Crippen LogP contribution < -0.4 is 17.4 Å². The minimum atomic E-state index is -0.809. The number of ether oxygens (including phenoxy) is 2. The molecule has 2 rings (SSSR count). The Hall–Kier alpha value is -2.73. The molecule has 0 aliphatic carbocycles. The topological polar surface area (TPSA) is 165 Å². The molecule has 0 radical (unpaired) electrons. The van der Waals surface area contributed by atoms with E-state index in [2.05, 4.69) is 22.4 Å². The fourth-order valence-electron chi connectivity index (χ4n) is 1.40. The molecule has 2 aromatic rings. The Morgan fingerprint density at radius 3 is 1.73 bits per heavy atom. The van der Waals surface area contributed by atoms with Crippen LogP contribution in [0.25, 0.3) is 0 Å². The summed E-state index contributed by atoms with van der Waals surface area (Å²) in [6, 6.07) is 0. The van der Waals surface area contributed by atoms with Crippen LogP contribution in [0.2, 0.25) is 0 Å². The van der Waals surface area contributed by atoms with Crippen LogP contribution in [0.3, 0.4) is 0 Å². The van der Waals surface area contributed by atoms with Crippen molar-refractivity contribution in [2.45, 2.75) is 27.1 Å². The standard InChI is InChI=1S/C7H9NO5.C7H8O5S/c1-4-5(13-7(10)12-4)3-11-6(9)2-8;1-4-5(12-6(8)11-4)3-10-7(9)13-2/h2-3,8H2,1H3;3H2,1-2H3. The van der Waals surface area contributed by atoms with Crippen LogP contribution >= 0.6 is 11.8 Å². The molecule has 0 saturated heterocycles. The summed E-state index contributed by atoms with van der Waals surface area (Å²) in [6.07, 6.45) is 1.60. The molecule has 0 aliphatic rings. The van der Waals surface area contributed by atoms with Crippen molar-refractivity contribution in [3.8, 4) is 0 Å². The molecule has 2 heterocycles. The summed E-state index contributed by atoms with van der Waals surface area (Å²) in [5.74, 6) is -1.08. The molecule has 0 unspecified atom stereocenters. The third-order valence-electron chi connectivity index (χ3n) is 2.69. The molecular weight excluding hydrogens is 374 g/mol. The van der Waals surface area contributed by atoms with Gasteiger partial charge in [-0.05, 0) is 31.9 Å². The number of carbonyl (C=O) groups is 2. The molecule has 144 valence electrons. The van der Waals surface area contributed by atoms with Crippen LogP contribution in [0, 0.1) is 13.8 Å². The Bertz CT molecular complexity index is 772. The first-order valence-electron chi connectivity index (χ1n) is 7.02. The molecule has 0 fully saturated rings. The van der Waals surface area contributed by atoms with Gasteiger partial charge in [0.1, 0.15) is 0 Å². The second-order valence-electron chi connectivity index (χ2n) is 4.47. The average Bonchev–Trinajstić information content (AvgIpc) is 3.10. The van der Waals surface area contributed by atoms with Gasteiger partial charge in [0.15, 0.2) is 36.3 Å². The summed E-state index contributed by atoms with van der Waals surface area (Å²) in [5.41, 5.74) is 4.99. The molecule has 0 aliphatic heterocycles. The summed E-state index contributed by atoms with van der Waals surface area (Å²) in [4.78, 5) is 42.4. The van der Waals surface area contributed by atoms with Gasteiger partial charge in [-0.25, -0.2) is 14.4 Å². The van der Waals surface area contributed by atoms with Crippen molar-refractivity contribution in [1.82, 2.24) is 0 Å². The van der Waals surface area contributed by atoms with E-state index in [4.69, 9.17) is 10.5 Å². The van der Waals surface area contributed by atoms with Crippen molar-refractivity contribution in [2.75, 3.05) is 12.8 Å². The summed E-state index contributed by atoms with van der Waals surface area (Å²) in [6.45, 7) is 2.69. The van der Waals surface area contributed by atoms with Crippen LogP contribution in [0.1, 0.15) is 23.0 Å². The highest BCUT2D eigenvalue weighted by Crippen LogP contribution is 2.09. The van der Waals surface area contributed by atoms with Gasteiger partial charge in [0.25, 0.3) is 0 Å². The third-order valence-corrected chi connectivity index (χ3v) is 3.14. The predicted molar refractivity (Wildman–Crippen MR) is 86.5 cm³/mol. The first-order valence-corrected chi connectivity index (χ1v) is 8.24. The molecule has 2 N–H and O–H groups in total. The lowest BCUT2D eigenvalue weighted by Crippen LogP contribution is -2.16. The smallest absolute Gasteiger partial charge is 0.456 e. The molecule has 11 nitrogen and oxygen atoms in total. The van der Waals surface area contributed by atoms with E-state index in [1.54, 1.807) is 13.2 Å². The number of aryl methyl sites for hydroxylation is 2. The lowest BCUT2D eigenvalue weighted by molar-refractivity contribution is -0.143. The Labute approximate surface area is 150 Å². The zero-order valence-corrected chi connectivity index (χ0v) is 15.0. The van der Waals surface area contributed by atoms with Crippen molar-refractivity contribution in [3.63, 3.8) is 0 Å². The Kier molecular flexibility index (Phi) is 8.45. The van der Waals surface area contributed by atoms with Gasteiger partial charge in [-0.2, -0.15) is 0 Å². The SMILES string of the molecule is CSC(=O)OCc1oc(=O)oc1C.Cc1oc(=O)oc1COC(=O)CN. The van der Waals surface area contributed by atoms with Crippen molar-refractivity contribution in [2.24, 2.45) is 5.73 Å². The van der Waals surface area contributed by atoms with Crippen LogP contribution in [-0.2, 0) is 27.5 Å². The normalized spacial score (nSPS) is 10.0. The second kappa shape index (κ2) is 10.3. The maximum atomic E-state index is 10.7. The van der Waals surface area contributed by atoms with E-state index < -0.39 is 22.9 Å². The van der Waals surface area contributed by atoms with Gasteiger partial charge < -0.3 is 32.9 Å². The summed E-state index contributed by atoms with van der Waals surface area (Å²) >= 11 is 0.945. The number of nitrogens with two attached hydrogens (primary N) is 1. The molecule has 0 aromatic carbocycles. The van der Waals surface area contributed by atoms with E-state index in [1.807, 2.05) is 0 Å². The molecule has 0 amide bonds. The van der Waals surface area contributed by atoms with Crippen molar-refractivity contribution in [1.29, 1.82) is 0 Å². The lowest BCUT2D eigenvalue weighted by Gasteiger charge is -1.98. The number of esters is 1. The van der Waals surface area contributed by atoms with Crippen molar-refractivity contribution >= 4 is 23.0 Å². The Morgan fingerprint density at radius 2 is 1.38 bits per heavy atom. The van der Waals surface area contributed by atoms with Gasteiger partial charge in [0.05, 0.1) is 6.54 Å². The fraction of sp³-hybridized carbons (Fsp3) is 0.429. The fourth-order valence-corrected chi connectivity index (χ4v) is 1.58. The molecule has 0 atom stereocenters. The maximum absolute atomic E-state index is 10.7. The number of thioether (sulfide) groups is 1. The zero-order chi connectivity index (χ0) is 19.7. The number of hydrogen-bond donors (Lipinski definition) is 1. The first-order chi connectivity index (χ1) is 12.3. The van der Waals surface area contributed by atoms with Gasteiger partial charge in [-0.3, -0.25) is 4.79 Å².